The molecule has 3 aromatic carbocycles. The van der Waals surface area contributed by atoms with Gasteiger partial charge in [-0.05, 0) is 79.4 Å². The number of piperidine rings is 1. The van der Waals surface area contributed by atoms with Crippen molar-refractivity contribution in [1.82, 2.24) is 9.80 Å². The molecule has 6 rings (SSSR count). The first-order chi connectivity index (χ1) is 18.8. The Labute approximate surface area is 227 Å². The van der Waals surface area contributed by atoms with E-state index in [2.05, 4.69) is 41.3 Å². The summed E-state index contributed by atoms with van der Waals surface area (Å²) >= 11 is 0. The fraction of sp³-hybridized carbons (Fsp3) is 0.312. The first kappa shape index (κ1) is 25.6. The smallest absolute Gasteiger partial charge is 0.265 e. The van der Waals surface area contributed by atoms with Crippen molar-refractivity contribution in [2.45, 2.75) is 36.8 Å². The fourth-order valence-corrected chi connectivity index (χ4v) is 6.41. The van der Waals surface area contributed by atoms with Gasteiger partial charge in [0.25, 0.3) is 5.91 Å². The van der Waals surface area contributed by atoms with Crippen LogP contribution in [0.2, 0.25) is 0 Å². The van der Waals surface area contributed by atoms with Crippen LogP contribution in [0, 0.1) is 11.6 Å². The van der Waals surface area contributed by atoms with Crippen molar-refractivity contribution >= 4 is 17.8 Å². The average molecular weight is 528 g/mol. The number of aliphatic hydroxyl groups is 1. The molecule has 39 heavy (non-hydrogen) atoms. The van der Waals surface area contributed by atoms with Crippen molar-refractivity contribution in [3.8, 4) is 0 Å². The van der Waals surface area contributed by atoms with Crippen LogP contribution in [-0.4, -0.2) is 58.9 Å². The molecule has 2 aliphatic heterocycles. The minimum Gasteiger partial charge on any atom is -0.390 e. The number of hydrogen-bond donors (Lipinski definition) is 1. The molecule has 5 nitrogen and oxygen atoms in total. The molecule has 1 aliphatic carbocycles. The summed E-state index contributed by atoms with van der Waals surface area (Å²) in [4.78, 5) is 22.5. The van der Waals surface area contributed by atoms with Crippen molar-refractivity contribution in [2.75, 3.05) is 26.2 Å². The van der Waals surface area contributed by atoms with E-state index in [0.29, 0.717) is 23.5 Å². The van der Waals surface area contributed by atoms with E-state index < -0.39 is 23.3 Å². The number of carbonyl (C=O) groups is 1. The van der Waals surface area contributed by atoms with E-state index in [1.54, 1.807) is 6.92 Å². The molecule has 1 amide bonds. The molecule has 0 radical (unpaired) electrons. The van der Waals surface area contributed by atoms with Crippen LogP contribution in [0.1, 0.15) is 42.0 Å². The van der Waals surface area contributed by atoms with E-state index in [1.165, 1.54) is 64.6 Å². The predicted molar refractivity (Wildman–Crippen MR) is 147 cm³/mol. The van der Waals surface area contributed by atoms with Gasteiger partial charge in [0.15, 0.2) is 5.54 Å². The SMILES string of the molecule is CC1=NC(c2ccc(F)cc2)(c2ccc(F)cc2)C(=O)N1CC(O)CN1CCC2(C=Cc3ccccc32)CC1. The number of allylic oxidation sites excluding steroid dienone is 1. The number of amidine groups is 1. The second kappa shape index (κ2) is 9.81. The van der Waals surface area contributed by atoms with Gasteiger partial charge >= 0.3 is 0 Å². The van der Waals surface area contributed by atoms with E-state index in [4.69, 9.17) is 4.99 Å². The number of hydrogen-bond acceptors (Lipinski definition) is 4. The zero-order chi connectivity index (χ0) is 27.2. The monoisotopic (exact) mass is 527 g/mol. The molecule has 0 saturated carbocycles. The van der Waals surface area contributed by atoms with Gasteiger partial charge in [0.2, 0.25) is 0 Å². The Balaban J connectivity index is 1.17. The number of rotatable bonds is 6. The van der Waals surface area contributed by atoms with E-state index in [-0.39, 0.29) is 17.9 Å². The van der Waals surface area contributed by atoms with Gasteiger partial charge in [-0.1, -0.05) is 60.7 Å². The van der Waals surface area contributed by atoms with Gasteiger partial charge in [0, 0.05) is 12.0 Å². The molecule has 3 aromatic rings. The fourth-order valence-electron chi connectivity index (χ4n) is 6.41. The standard InChI is InChI=1S/C32H31F2N3O2/c1-22-35-32(24-6-10-26(33)11-7-24,25-8-12-27(34)13-9-25)30(39)37(22)21-28(38)20-36-18-16-31(17-19-36)15-14-23-4-2-3-5-29(23)31/h2-15,28,38H,16-21H2,1H3. The maximum absolute atomic E-state index is 14.0. The highest BCUT2D eigenvalue weighted by Crippen LogP contribution is 2.44. The molecule has 0 bridgehead atoms. The Bertz CT molecular complexity index is 1400. The normalized spacial score (nSPS) is 20.4. The molecule has 1 fully saturated rings. The van der Waals surface area contributed by atoms with E-state index in [9.17, 15) is 18.7 Å². The minimum absolute atomic E-state index is 0.0656. The van der Waals surface area contributed by atoms with Crippen LogP contribution in [0.4, 0.5) is 8.78 Å². The molecule has 1 N–H and O–H groups in total. The quantitative estimate of drug-likeness (QED) is 0.497. The molecule has 200 valence electrons. The topological polar surface area (TPSA) is 56.1 Å². The lowest BCUT2D eigenvalue weighted by molar-refractivity contribution is -0.131. The molecule has 1 atom stereocenters. The van der Waals surface area contributed by atoms with Crippen LogP contribution in [0.5, 0.6) is 0 Å². The number of nitrogens with zero attached hydrogens (tertiary/aromatic N) is 3. The van der Waals surface area contributed by atoms with Crippen LogP contribution in [0.15, 0.2) is 83.9 Å². The number of aliphatic hydroxyl groups excluding tert-OH is 1. The van der Waals surface area contributed by atoms with Crippen molar-refractivity contribution in [2.24, 2.45) is 4.99 Å². The third kappa shape index (κ3) is 4.39. The lowest BCUT2D eigenvalue weighted by Gasteiger charge is -2.40. The van der Waals surface area contributed by atoms with Crippen LogP contribution in [0.3, 0.4) is 0 Å². The van der Waals surface area contributed by atoms with Gasteiger partial charge < -0.3 is 10.0 Å². The number of carbonyl (C=O) groups excluding carboxylic acids is 1. The number of benzene rings is 3. The molecule has 1 spiro atoms. The summed E-state index contributed by atoms with van der Waals surface area (Å²) in [5.41, 5.74) is 2.25. The van der Waals surface area contributed by atoms with Gasteiger partial charge in [-0.2, -0.15) is 0 Å². The summed E-state index contributed by atoms with van der Waals surface area (Å²) in [5.74, 6) is -0.738. The van der Waals surface area contributed by atoms with Gasteiger partial charge in [-0.25, -0.2) is 13.8 Å². The summed E-state index contributed by atoms with van der Waals surface area (Å²) < 4.78 is 27.5. The molecule has 0 aromatic heterocycles. The highest BCUT2D eigenvalue weighted by atomic mass is 19.1. The number of halogens is 2. The van der Waals surface area contributed by atoms with Crippen molar-refractivity contribution in [3.05, 3.63) is 113 Å². The Morgan fingerprint density at radius 2 is 1.49 bits per heavy atom. The summed E-state index contributed by atoms with van der Waals surface area (Å²) in [6, 6.07) is 19.8. The summed E-state index contributed by atoms with van der Waals surface area (Å²) in [7, 11) is 0. The zero-order valence-corrected chi connectivity index (χ0v) is 21.9. The van der Waals surface area contributed by atoms with Crippen molar-refractivity contribution in [1.29, 1.82) is 0 Å². The Hall–Kier alpha value is -3.68. The van der Waals surface area contributed by atoms with E-state index in [0.717, 1.165) is 25.9 Å². The number of aliphatic imine (C=N–C) groups is 1. The van der Waals surface area contributed by atoms with Crippen LogP contribution in [-0.2, 0) is 15.7 Å². The van der Waals surface area contributed by atoms with Crippen molar-refractivity contribution in [3.63, 3.8) is 0 Å². The summed E-state index contributed by atoms with van der Waals surface area (Å²) in [5, 5.41) is 11.1. The molecule has 2 heterocycles. The van der Waals surface area contributed by atoms with Crippen LogP contribution < -0.4 is 0 Å². The molecular formula is C32H31F2N3O2. The van der Waals surface area contributed by atoms with Crippen molar-refractivity contribution < 1.29 is 18.7 Å². The number of likely N-dealkylation sites (tertiary alicyclic amines) is 1. The van der Waals surface area contributed by atoms with E-state index in [1.807, 2.05) is 0 Å². The molecule has 1 unspecified atom stereocenters. The maximum atomic E-state index is 14.0. The molecular weight excluding hydrogens is 496 g/mol. The highest BCUT2D eigenvalue weighted by molar-refractivity contribution is 6.09. The molecule has 1 saturated heterocycles. The first-order valence-corrected chi connectivity index (χ1v) is 13.4. The Kier molecular flexibility index (Phi) is 6.44. The highest BCUT2D eigenvalue weighted by Gasteiger charge is 2.50. The maximum Gasteiger partial charge on any atom is 0.265 e. The van der Waals surface area contributed by atoms with Gasteiger partial charge in [-0.15, -0.1) is 0 Å². The lowest BCUT2D eigenvalue weighted by atomic mass is 9.74. The van der Waals surface area contributed by atoms with Gasteiger partial charge in [0.1, 0.15) is 17.5 Å². The molecule has 3 aliphatic rings. The van der Waals surface area contributed by atoms with Crippen LogP contribution in [0.25, 0.3) is 6.08 Å². The Morgan fingerprint density at radius 1 is 0.897 bits per heavy atom. The second-order valence-corrected chi connectivity index (χ2v) is 10.8. The van der Waals surface area contributed by atoms with Gasteiger partial charge in [-0.3, -0.25) is 9.69 Å². The van der Waals surface area contributed by atoms with Gasteiger partial charge in [0.05, 0.1) is 12.6 Å². The largest absolute Gasteiger partial charge is 0.390 e. The summed E-state index contributed by atoms with van der Waals surface area (Å²) in [6.07, 6.45) is 5.73. The lowest BCUT2D eigenvalue weighted by Crippen LogP contribution is -2.49. The first-order valence-electron chi connectivity index (χ1n) is 13.4. The third-order valence-electron chi connectivity index (χ3n) is 8.49. The molecule has 7 heteroatoms. The second-order valence-electron chi connectivity index (χ2n) is 10.8. The zero-order valence-electron chi connectivity index (χ0n) is 21.9. The third-order valence-corrected chi connectivity index (χ3v) is 8.49. The van der Waals surface area contributed by atoms with Crippen LogP contribution >= 0.6 is 0 Å². The van der Waals surface area contributed by atoms with E-state index >= 15 is 0 Å². The summed E-state index contributed by atoms with van der Waals surface area (Å²) in [6.45, 7) is 3.97. The predicted octanol–water partition coefficient (Wildman–Crippen LogP) is 4.89. The number of β-amino-alcohol motifs (C(OH)–C–C–N with tert-alkyl or cyclic N) is 1. The average Bonchev–Trinajstić information content (AvgIpc) is 3.42. The number of fused-ring (bicyclic) bond motifs is 2. The Morgan fingerprint density at radius 3 is 2.10 bits per heavy atom. The number of amides is 1. The minimum atomic E-state index is -1.47.